The van der Waals surface area contributed by atoms with Crippen LogP contribution in [-0.2, 0) is 24.9 Å². The fourth-order valence-corrected chi connectivity index (χ4v) is 11.1. The highest BCUT2D eigenvalue weighted by molar-refractivity contribution is 7.99. The third-order valence-corrected chi connectivity index (χ3v) is 12.6. The average Bonchev–Trinajstić information content (AvgIpc) is 3.08. The molecular formula is C26H36O4SSi. The van der Waals surface area contributed by atoms with Gasteiger partial charge in [-0.1, -0.05) is 102 Å². The van der Waals surface area contributed by atoms with Crippen molar-refractivity contribution in [3.05, 3.63) is 66.2 Å². The summed E-state index contributed by atoms with van der Waals surface area (Å²) in [4.78, 5) is 1.17. The predicted octanol–water partition coefficient (Wildman–Crippen LogP) is 6.55. The van der Waals surface area contributed by atoms with Crippen LogP contribution in [0.5, 0.6) is 0 Å². The Labute approximate surface area is 198 Å². The minimum atomic E-state index is -2.61. The lowest BCUT2D eigenvalue weighted by molar-refractivity contribution is -0.0800. The number of fused-ring (bicyclic) bond motifs is 1. The van der Waals surface area contributed by atoms with Gasteiger partial charge < -0.3 is 18.3 Å². The van der Waals surface area contributed by atoms with Gasteiger partial charge in [-0.15, -0.1) is 0 Å². The molecule has 2 aromatic carbocycles. The van der Waals surface area contributed by atoms with Crippen molar-refractivity contribution < 1.29 is 18.3 Å². The highest BCUT2D eigenvalue weighted by Gasteiger charge is 2.65. The number of thioether (sulfide) groups is 1. The van der Waals surface area contributed by atoms with Gasteiger partial charge in [-0.3, -0.25) is 0 Å². The fourth-order valence-electron chi connectivity index (χ4n) is 4.98. The van der Waals surface area contributed by atoms with Crippen LogP contribution in [0.15, 0.2) is 65.6 Å². The predicted molar refractivity (Wildman–Crippen MR) is 132 cm³/mol. The fraction of sp³-hybridized carbons (Fsp3) is 0.538. The molecule has 2 aliphatic rings. The molecule has 2 aromatic rings. The van der Waals surface area contributed by atoms with E-state index >= 15 is 0 Å². The Hall–Kier alpha value is -1.15. The number of hydrogen-bond donors (Lipinski definition) is 0. The van der Waals surface area contributed by atoms with E-state index in [1.807, 2.05) is 24.3 Å². The Morgan fingerprint density at radius 3 is 2.09 bits per heavy atom. The molecule has 0 saturated carbocycles. The smallest absolute Gasteiger partial charge is 0.349 e. The van der Waals surface area contributed by atoms with E-state index in [0.29, 0.717) is 13.2 Å². The summed E-state index contributed by atoms with van der Waals surface area (Å²) in [6.07, 6.45) is -0.438. The van der Waals surface area contributed by atoms with E-state index < -0.39 is 8.56 Å². The van der Waals surface area contributed by atoms with Gasteiger partial charge in [0.1, 0.15) is 23.7 Å². The molecule has 2 fully saturated rings. The molecule has 32 heavy (non-hydrogen) atoms. The molecule has 0 aliphatic carbocycles. The molecule has 4 nitrogen and oxygen atoms in total. The third kappa shape index (κ3) is 4.72. The third-order valence-electron chi connectivity index (χ3n) is 6.28. The highest BCUT2D eigenvalue weighted by Crippen LogP contribution is 2.56. The lowest BCUT2D eigenvalue weighted by Crippen LogP contribution is -2.65. The Morgan fingerprint density at radius 2 is 1.50 bits per heavy atom. The van der Waals surface area contributed by atoms with Crippen LogP contribution in [0.1, 0.15) is 47.1 Å². The first-order chi connectivity index (χ1) is 15.1. The quantitative estimate of drug-likeness (QED) is 0.461. The molecule has 4 atom stereocenters. The molecule has 4 rings (SSSR count). The number of ether oxygens (including phenoxy) is 2. The van der Waals surface area contributed by atoms with Gasteiger partial charge in [-0.2, -0.15) is 0 Å². The number of rotatable bonds is 5. The van der Waals surface area contributed by atoms with Crippen LogP contribution in [0.3, 0.4) is 0 Å². The van der Waals surface area contributed by atoms with Crippen molar-refractivity contribution in [3.8, 4) is 0 Å². The molecule has 0 radical (unpaired) electrons. The van der Waals surface area contributed by atoms with E-state index in [2.05, 4.69) is 77.9 Å². The van der Waals surface area contributed by atoms with Crippen molar-refractivity contribution in [2.24, 2.45) is 0 Å². The largest absolute Gasteiger partial charge is 0.391 e. The van der Waals surface area contributed by atoms with Crippen LogP contribution in [0.2, 0.25) is 10.1 Å². The van der Waals surface area contributed by atoms with Crippen LogP contribution in [0, 0.1) is 0 Å². The van der Waals surface area contributed by atoms with Crippen molar-refractivity contribution >= 4 is 20.3 Å². The zero-order chi connectivity index (χ0) is 23.0. The zero-order valence-electron chi connectivity index (χ0n) is 20.0. The van der Waals surface area contributed by atoms with Crippen LogP contribution >= 0.6 is 11.8 Å². The maximum atomic E-state index is 7.05. The Balaban J connectivity index is 1.62. The van der Waals surface area contributed by atoms with E-state index in [1.54, 1.807) is 11.8 Å². The van der Waals surface area contributed by atoms with Gasteiger partial charge in [0.2, 0.25) is 0 Å². The zero-order valence-corrected chi connectivity index (χ0v) is 21.9. The minimum Gasteiger partial charge on any atom is -0.391 e. The highest BCUT2D eigenvalue weighted by atomic mass is 32.2. The van der Waals surface area contributed by atoms with Crippen molar-refractivity contribution in [3.63, 3.8) is 0 Å². The van der Waals surface area contributed by atoms with Crippen LogP contribution < -0.4 is 0 Å². The molecule has 2 heterocycles. The molecule has 0 N–H and O–H groups in total. The van der Waals surface area contributed by atoms with E-state index in [9.17, 15) is 0 Å². The van der Waals surface area contributed by atoms with E-state index in [-0.39, 0.29) is 33.8 Å². The molecular weight excluding hydrogens is 436 g/mol. The average molecular weight is 473 g/mol. The molecule has 2 saturated heterocycles. The first-order valence-corrected chi connectivity index (χ1v) is 14.1. The molecule has 0 amide bonds. The Kier molecular flexibility index (Phi) is 6.93. The second-order valence-corrected chi connectivity index (χ2v) is 16.7. The SMILES string of the molecule is CC(C)(C)[Si]1(C(C)(C)C)OC[C@H]2O[C@H](Sc3ccccc3)[C@@H](OCc3ccccc3)[C@@H]2O1. The van der Waals surface area contributed by atoms with Gasteiger partial charge >= 0.3 is 8.56 Å². The number of benzene rings is 2. The number of hydrogen-bond acceptors (Lipinski definition) is 5. The Bertz CT molecular complexity index is 864. The monoisotopic (exact) mass is 472 g/mol. The summed E-state index contributed by atoms with van der Waals surface area (Å²) in [5.74, 6) is 0. The standard InChI is InChI=1S/C26H36O4SSi/c1-25(2,3)32(26(4,5)6)28-18-21-22(30-32)23(27-17-19-13-9-7-10-14-19)24(29-21)31-20-15-11-8-12-16-20/h7-16,21-24H,17-18H2,1-6H3/t21-,22-,23+,24-/m1/s1. The van der Waals surface area contributed by atoms with Crippen LogP contribution in [-0.4, -0.2) is 38.9 Å². The van der Waals surface area contributed by atoms with Gasteiger partial charge in [0.25, 0.3) is 0 Å². The van der Waals surface area contributed by atoms with E-state index in [1.165, 1.54) is 4.90 Å². The van der Waals surface area contributed by atoms with Crippen molar-refractivity contribution in [2.45, 2.75) is 86.9 Å². The molecule has 174 valence electrons. The van der Waals surface area contributed by atoms with Gasteiger partial charge in [-0.25, -0.2) is 0 Å². The normalized spacial score (nSPS) is 27.8. The molecule has 0 aromatic heterocycles. The topological polar surface area (TPSA) is 36.9 Å². The summed E-state index contributed by atoms with van der Waals surface area (Å²) in [6, 6.07) is 20.7. The second-order valence-electron chi connectivity index (χ2n) is 10.7. The maximum Gasteiger partial charge on any atom is 0.349 e. The van der Waals surface area contributed by atoms with Crippen LogP contribution in [0.25, 0.3) is 0 Å². The van der Waals surface area contributed by atoms with Crippen molar-refractivity contribution in [1.29, 1.82) is 0 Å². The first-order valence-electron chi connectivity index (χ1n) is 11.5. The van der Waals surface area contributed by atoms with Crippen molar-refractivity contribution in [2.75, 3.05) is 6.61 Å². The van der Waals surface area contributed by atoms with Crippen molar-refractivity contribution in [1.82, 2.24) is 0 Å². The maximum absolute atomic E-state index is 7.05. The summed E-state index contributed by atoms with van der Waals surface area (Å²) < 4.78 is 26.8. The molecule has 0 bridgehead atoms. The summed E-state index contributed by atoms with van der Waals surface area (Å²) in [7, 11) is -2.61. The minimum absolute atomic E-state index is 0.0785. The summed E-state index contributed by atoms with van der Waals surface area (Å²) >= 11 is 1.71. The molecule has 0 spiro atoms. The summed E-state index contributed by atoms with van der Waals surface area (Å²) in [5.41, 5.74) is 1.01. The van der Waals surface area contributed by atoms with Gasteiger partial charge in [0, 0.05) is 15.0 Å². The molecule has 0 unspecified atom stereocenters. The molecule has 6 heteroatoms. The van der Waals surface area contributed by atoms with Gasteiger partial charge in [0.05, 0.1) is 13.2 Å². The Morgan fingerprint density at radius 1 is 0.906 bits per heavy atom. The molecule has 2 aliphatic heterocycles. The lowest BCUT2D eigenvalue weighted by atomic mass is 10.1. The van der Waals surface area contributed by atoms with Crippen LogP contribution in [0.4, 0.5) is 0 Å². The summed E-state index contributed by atoms with van der Waals surface area (Å²) in [6.45, 7) is 14.6. The summed E-state index contributed by atoms with van der Waals surface area (Å²) in [5, 5.41) is -0.157. The van der Waals surface area contributed by atoms with E-state index in [0.717, 1.165) is 5.56 Å². The van der Waals surface area contributed by atoms with E-state index in [4.69, 9.17) is 18.3 Å². The second kappa shape index (κ2) is 9.24. The first kappa shape index (κ1) is 24.0. The van der Waals surface area contributed by atoms with Gasteiger partial charge in [-0.05, 0) is 17.7 Å². The lowest BCUT2D eigenvalue weighted by Gasteiger charge is -2.53. The van der Waals surface area contributed by atoms with Gasteiger partial charge in [0.15, 0.2) is 0 Å².